The Hall–Kier alpha value is -2.09. The fourth-order valence-corrected chi connectivity index (χ4v) is 2.47. The van der Waals surface area contributed by atoms with Gasteiger partial charge >= 0.3 is 0 Å². The highest BCUT2D eigenvalue weighted by atomic mass is 35.5. The van der Waals surface area contributed by atoms with Crippen LogP contribution in [0.5, 0.6) is 0 Å². The van der Waals surface area contributed by atoms with E-state index in [0.717, 1.165) is 18.8 Å². The van der Waals surface area contributed by atoms with Crippen molar-refractivity contribution in [2.24, 2.45) is 10.7 Å². The first-order valence-electron chi connectivity index (χ1n) is 7.56. The number of alkyl halides is 2. The van der Waals surface area contributed by atoms with E-state index in [1.807, 2.05) is 29.2 Å². The van der Waals surface area contributed by atoms with Crippen molar-refractivity contribution in [2.45, 2.75) is 6.43 Å². The van der Waals surface area contributed by atoms with Crippen molar-refractivity contribution in [3.8, 4) is 0 Å². The molecular formula is C15H20ClF2N5O. The van der Waals surface area contributed by atoms with E-state index in [9.17, 15) is 13.6 Å². The molecule has 0 atom stereocenters. The van der Waals surface area contributed by atoms with E-state index in [2.05, 4.69) is 15.2 Å². The number of aliphatic imine (C=N–C) groups is 1. The van der Waals surface area contributed by atoms with Crippen LogP contribution >= 0.6 is 11.6 Å². The maximum atomic E-state index is 12.0. The molecule has 0 aromatic heterocycles. The zero-order valence-electron chi connectivity index (χ0n) is 13.1. The monoisotopic (exact) mass is 359 g/mol. The van der Waals surface area contributed by atoms with E-state index in [-0.39, 0.29) is 12.5 Å². The summed E-state index contributed by atoms with van der Waals surface area (Å²) in [6, 6.07) is 7.61. The Morgan fingerprint density at radius 3 is 2.46 bits per heavy atom. The van der Waals surface area contributed by atoms with Crippen molar-refractivity contribution in [1.82, 2.24) is 10.2 Å². The van der Waals surface area contributed by atoms with Crippen molar-refractivity contribution < 1.29 is 13.6 Å². The van der Waals surface area contributed by atoms with Gasteiger partial charge in [-0.2, -0.15) is 0 Å². The maximum absolute atomic E-state index is 12.0. The second-order valence-corrected chi connectivity index (χ2v) is 5.76. The standard InChI is InChI=1S/C15H20ClF2N5O/c16-11-1-3-12(4-2-11)22-5-7-23(8-6-22)15(19)21-10-14(24)20-9-13(17)18/h1-4,13H,5-10H2,(H2,19,21)(H,20,24). The number of nitrogens with two attached hydrogens (primary N) is 1. The summed E-state index contributed by atoms with van der Waals surface area (Å²) in [4.78, 5) is 19.4. The van der Waals surface area contributed by atoms with Crippen molar-refractivity contribution in [2.75, 3.05) is 44.2 Å². The predicted molar refractivity (Wildman–Crippen MR) is 90.7 cm³/mol. The van der Waals surface area contributed by atoms with Crippen LogP contribution in [0.15, 0.2) is 29.3 Å². The molecule has 0 aliphatic carbocycles. The lowest BCUT2D eigenvalue weighted by Gasteiger charge is -2.36. The van der Waals surface area contributed by atoms with Crippen LogP contribution in [0, 0.1) is 0 Å². The Bertz CT molecular complexity index is 574. The quantitative estimate of drug-likeness (QED) is 0.611. The molecule has 0 radical (unpaired) electrons. The van der Waals surface area contributed by atoms with Gasteiger partial charge in [-0.15, -0.1) is 0 Å². The number of piperazine rings is 1. The Balaban J connectivity index is 1.79. The van der Waals surface area contributed by atoms with Crippen molar-refractivity contribution in [1.29, 1.82) is 0 Å². The summed E-state index contributed by atoms with van der Waals surface area (Å²) < 4.78 is 24.0. The van der Waals surface area contributed by atoms with Gasteiger partial charge in [-0.25, -0.2) is 13.8 Å². The van der Waals surface area contributed by atoms with Crippen molar-refractivity contribution in [3.63, 3.8) is 0 Å². The molecule has 3 N–H and O–H groups in total. The van der Waals surface area contributed by atoms with Gasteiger partial charge in [0.1, 0.15) is 6.54 Å². The minimum Gasteiger partial charge on any atom is -0.370 e. The normalized spacial score (nSPS) is 15.8. The Labute approximate surface area is 144 Å². The van der Waals surface area contributed by atoms with Gasteiger partial charge in [0.15, 0.2) is 5.96 Å². The number of rotatable bonds is 5. The van der Waals surface area contributed by atoms with Crippen LogP contribution < -0.4 is 16.0 Å². The van der Waals surface area contributed by atoms with Crippen LogP contribution in [0.25, 0.3) is 0 Å². The summed E-state index contributed by atoms with van der Waals surface area (Å²) in [6.45, 7) is 1.92. The predicted octanol–water partition coefficient (Wildman–Crippen LogP) is 1.16. The minimum atomic E-state index is -2.57. The number of benzene rings is 1. The second kappa shape index (κ2) is 8.68. The highest BCUT2D eigenvalue weighted by Crippen LogP contribution is 2.19. The van der Waals surface area contributed by atoms with Crippen LogP contribution in [-0.4, -0.2) is 62.5 Å². The van der Waals surface area contributed by atoms with Crippen LogP contribution in [-0.2, 0) is 4.79 Å². The third kappa shape index (κ3) is 5.52. The van der Waals surface area contributed by atoms with E-state index in [0.29, 0.717) is 18.1 Å². The fourth-order valence-electron chi connectivity index (χ4n) is 2.35. The number of halogens is 3. The first-order chi connectivity index (χ1) is 11.5. The summed E-state index contributed by atoms with van der Waals surface area (Å²) in [5, 5.41) is 2.78. The summed E-state index contributed by atoms with van der Waals surface area (Å²) in [6.07, 6.45) is -2.57. The van der Waals surface area contributed by atoms with Gasteiger partial charge < -0.3 is 20.9 Å². The van der Waals surface area contributed by atoms with Gasteiger partial charge in [0.05, 0.1) is 6.54 Å². The van der Waals surface area contributed by atoms with E-state index >= 15 is 0 Å². The lowest BCUT2D eigenvalue weighted by molar-refractivity contribution is -0.120. The van der Waals surface area contributed by atoms with Crippen LogP contribution in [0.1, 0.15) is 0 Å². The molecule has 1 aliphatic heterocycles. The second-order valence-electron chi connectivity index (χ2n) is 5.32. The van der Waals surface area contributed by atoms with Crippen molar-refractivity contribution in [3.05, 3.63) is 29.3 Å². The molecule has 2 rings (SSSR count). The number of guanidine groups is 1. The number of hydrogen-bond acceptors (Lipinski definition) is 3. The van der Waals surface area contributed by atoms with Gasteiger partial charge in [0.2, 0.25) is 5.91 Å². The fraction of sp³-hybridized carbons (Fsp3) is 0.467. The van der Waals surface area contributed by atoms with Crippen LogP contribution in [0.2, 0.25) is 5.02 Å². The maximum Gasteiger partial charge on any atom is 0.255 e. The Morgan fingerprint density at radius 1 is 1.25 bits per heavy atom. The summed E-state index contributed by atoms with van der Waals surface area (Å²) in [5.74, 6) is -0.323. The molecule has 1 aliphatic rings. The van der Waals surface area contributed by atoms with Crippen LogP contribution in [0.3, 0.4) is 0 Å². The van der Waals surface area contributed by atoms with E-state index < -0.39 is 18.9 Å². The molecule has 9 heteroatoms. The summed E-state index contributed by atoms with van der Waals surface area (Å²) >= 11 is 5.88. The molecule has 0 saturated carbocycles. The molecule has 1 heterocycles. The van der Waals surface area contributed by atoms with Gasteiger partial charge in [0, 0.05) is 36.9 Å². The Kier molecular flexibility index (Phi) is 6.60. The topological polar surface area (TPSA) is 74.0 Å². The van der Waals surface area contributed by atoms with E-state index in [1.54, 1.807) is 0 Å². The van der Waals surface area contributed by atoms with E-state index in [4.69, 9.17) is 17.3 Å². The largest absolute Gasteiger partial charge is 0.370 e. The average molecular weight is 360 g/mol. The van der Waals surface area contributed by atoms with Gasteiger partial charge in [-0.1, -0.05) is 11.6 Å². The summed E-state index contributed by atoms with van der Waals surface area (Å²) in [5.41, 5.74) is 6.95. The highest BCUT2D eigenvalue weighted by Gasteiger charge is 2.18. The number of anilines is 1. The third-order valence-electron chi connectivity index (χ3n) is 3.63. The molecule has 0 spiro atoms. The average Bonchev–Trinajstić information content (AvgIpc) is 2.58. The first kappa shape index (κ1) is 18.3. The van der Waals surface area contributed by atoms with Crippen LogP contribution in [0.4, 0.5) is 14.5 Å². The molecule has 132 valence electrons. The number of nitrogens with zero attached hydrogens (tertiary/aromatic N) is 3. The third-order valence-corrected chi connectivity index (χ3v) is 3.89. The first-order valence-corrected chi connectivity index (χ1v) is 7.93. The molecule has 24 heavy (non-hydrogen) atoms. The number of hydrogen-bond donors (Lipinski definition) is 2. The molecule has 1 aromatic carbocycles. The minimum absolute atomic E-state index is 0.248. The highest BCUT2D eigenvalue weighted by molar-refractivity contribution is 6.30. The lowest BCUT2D eigenvalue weighted by atomic mass is 10.2. The number of carbonyl (C=O) groups excluding carboxylic acids is 1. The summed E-state index contributed by atoms with van der Waals surface area (Å²) in [7, 11) is 0. The molecular weight excluding hydrogens is 340 g/mol. The van der Waals surface area contributed by atoms with Gasteiger partial charge in [-0.3, -0.25) is 4.79 Å². The molecule has 1 fully saturated rings. The zero-order valence-corrected chi connectivity index (χ0v) is 13.8. The van der Waals surface area contributed by atoms with E-state index in [1.165, 1.54) is 0 Å². The van der Waals surface area contributed by atoms with Crippen molar-refractivity contribution >= 4 is 29.2 Å². The van der Waals surface area contributed by atoms with Gasteiger partial charge in [-0.05, 0) is 24.3 Å². The molecule has 1 amide bonds. The molecule has 0 unspecified atom stereocenters. The molecule has 0 bridgehead atoms. The number of nitrogens with one attached hydrogen (secondary N) is 1. The molecule has 1 saturated heterocycles. The Morgan fingerprint density at radius 2 is 1.88 bits per heavy atom. The van der Waals surface area contributed by atoms with Gasteiger partial charge in [0.25, 0.3) is 6.43 Å². The molecule has 6 nitrogen and oxygen atoms in total. The number of carbonyl (C=O) groups is 1. The number of amides is 1. The molecule has 1 aromatic rings. The zero-order chi connectivity index (χ0) is 17.5. The SMILES string of the molecule is NC(=NCC(=O)NCC(F)F)N1CCN(c2ccc(Cl)cc2)CC1. The smallest absolute Gasteiger partial charge is 0.255 e. The lowest BCUT2D eigenvalue weighted by Crippen LogP contribution is -2.51.